The zero-order valence-corrected chi connectivity index (χ0v) is 10.4. The fraction of sp³-hybridized carbons (Fsp3) is 0.182. The van der Waals surface area contributed by atoms with E-state index in [4.69, 9.17) is 10.5 Å². The molecule has 4 nitrogen and oxygen atoms in total. The lowest BCUT2D eigenvalue weighted by Crippen LogP contribution is -2.05. The normalized spacial score (nSPS) is 10.4. The van der Waals surface area contributed by atoms with Crippen LogP contribution in [-0.2, 0) is 13.7 Å². The van der Waals surface area contributed by atoms with Crippen LogP contribution in [0.2, 0.25) is 0 Å². The Bertz CT molecular complexity index is 496. The monoisotopic (exact) mass is 281 g/mol. The van der Waals surface area contributed by atoms with Gasteiger partial charge in [0, 0.05) is 11.5 Å². The van der Waals surface area contributed by atoms with Crippen molar-refractivity contribution in [2.75, 3.05) is 5.73 Å². The van der Waals surface area contributed by atoms with E-state index in [0.29, 0.717) is 12.4 Å². The maximum Gasteiger partial charge on any atom is 0.148 e. The van der Waals surface area contributed by atoms with E-state index in [1.165, 1.54) is 0 Å². The van der Waals surface area contributed by atoms with Crippen LogP contribution in [-0.4, -0.2) is 9.55 Å². The van der Waals surface area contributed by atoms with E-state index in [1.807, 2.05) is 31.3 Å². The van der Waals surface area contributed by atoms with E-state index < -0.39 is 0 Å². The van der Waals surface area contributed by atoms with Crippen molar-refractivity contribution in [1.29, 1.82) is 0 Å². The van der Waals surface area contributed by atoms with Gasteiger partial charge in [-0.05, 0) is 18.2 Å². The summed E-state index contributed by atoms with van der Waals surface area (Å²) in [5, 5.41) is 0. The molecule has 84 valence electrons. The Morgan fingerprint density at radius 2 is 2.31 bits per heavy atom. The lowest BCUT2D eigenvalue weighted by atomic mass is 10.3. The second-order valence-corrected chi connectivity index (χ2v) is 4.32. The molecule has 16 heavy (non-hydrogen) atoms. The molecule has 0 aliphatic rings. The number of ether oxygens (including phenoxy) is 1. The summed E-state index contributed by atoms with van der Waals surface area (Å²) in [4.78, 5) is 4.15. The van der Waals surface area contributed by atoms with Crippen molar-refractivity contribution < 1.29 is 4.74 Å². The third kappa shape index (κ3) is 2.36. The average molecular weight is 282 g/mol. The van der Waals surface area contributed by atoms with Crippen LogP contribution >= 0.6 is 15.9 Å². The van der Waals surface area contributed by atoms with Gasteiger partial charge in [0.05, 0.1) is 6.20 Å². The van der Waals surface area contributed by atoms with Crippen molar-refractivity contribution in [1.82, 2.24) is 9.55 Å². The Balaban J connectivity index is 2.05. The number of hydrogen-bond donors (Lipinski definition) is 1. The predicted molar refractivity (Wildman–Crippen MR) is 66.1 cm³/mol. The Kier molecular flexibility index (Phi) is 3.14. The summed E-state index contributed by atoms with van der Waals surface area (Å²) in [6.07, 6.45) is 1.62. The van der Waals surface area contributed by atoms with Crippen LogP contribution in [0.1, 0.15) is 5.82 Å². The molecule has 0 fully saturated rings. The van der Waals surface area contributed by atoms with Crippen LogP contribution in [0.3, 0.4) is 0 Å². The van der Waals surface area contributed by atoms with Gasteiger partial charge in [-0.25, -0.2) is 4.98 Å². The van der Waals surface area contributed by atoms with Gasteiger partial charge >= 0.3 is 0 Å². The highest BCUT2D eigenvalue weighted by Crippen LogP contribution is 2.18. The smallest absolute Gasteiger partial charge is 0.148 e. The number of nitrogens with zero attached hydrogens (tertiary/aromatic N) is 2. The molecule has 0 amide bonds. The Morgan fingerprint density at radius 1 is 1.50 bits per heavy atom. The van der Waals surface area contributed by atoms with E-state index in [-0.39, 0.29) is 0 Å². The van der Waals surface area contributed by atoms with Crippen molar-refractivity contribution >= 4 is 21.7 Å². The van der Waals surface area contributed by atoms with E-state index in [0.717, 1.165) is 16.0 Å². The Morgan fingerprint density at radius 3 is 2.94 bits per heavy atom. The molecule has 5 heteroatoms. The molecule has 0 unspecified atom stereocenters. The van der Waals surface area contributed by atoms with Crippen LogP contribution in [0.5, 0.6) is 5.75 Å². The quantitative estimate of drug-likeness (QED) is 0.940. The third-order valence-corrected chi connectivity index (χ3v) is 2.78. The lowest BCUT2D eigenvalue weighted by Gasteiger charge is -2.06. The summed E-state index contributed by atoms with van der Waals surface area (Å²) in [6.45, 7) is 0.407. The number of hydrogen-bond acceptors (Lipinski definition) is 3. The molecule has 0 spiro atoms. The van der Waals surface area contributed by atoms with Gasteiger partial charge in [-0.3, -0.25) is 0 Å². The molecule has 0 saturated carbocycles. The van der Waals surface area contributed by atoms with E-state index in [1.54, 1.807) is 10.8 Å². The Hall–Kier alpha value is -1.49. The number of halogens is 1. The van der Waals surface area contributed by atoms with Gasteiger partial charge in [-0.15, -0.1) is 0 Å². The lowest BCUT2D eigenvalue weighted by molar-refractivity contribution is 0.292. The van der Waals surface area contributed by atoms with Crippen molar-refractivity contribution in [3.05, 3.63) is 40.8 Å². The van der Waals surface area contributed by atoms with E-state index >= 15 is 0 Å². The van der Waals surface area contributed by atoms with Crippen molar-refractivity contribution in [3.63, 3.8) is 0 Å². The molecule has 0 atom stereocenters. The van der Waals surface area contributed by atoms with E-state index in [9.17, 15) is 0 Å². The van der Waals surface area contributed by atoms with Gasteiger partial charge < -0.3 is 15.0 Å². The minimum Gasteiger partial charge on any atom is -0.486 e. The van der Waals surface area contributed by atoms with Gasteiger partial charge in [0.15, 0.2) is 0 Å². The fourth-order valence-corrected chi connectivity index (χ4v) is 1.68. The summed E-state index contributed by atoms with van der Waals surface area (Å²) in [7, 11) is 1.86. The third-order valence-electron chi connectivity index (χ3n) is 2.28. The first-order valence-electron chi connectivity index (χ1n) is 4.81. The number of anilines is 1. The van der Waals surface area contributed by atoms with E-state index in [2.05, 4.69) is 20.9 Å². The Labute approximate surface area is 102 Å². The fourth-order valence-electron chi connectivity index (χ4n) is 1.30. The SMILES string of the molecule is Cn1c(N)cnc1COc1cccc(Br)c1. The molecule has 0 bridgehead atoms. The molecular weight excluding hydrogens is 270 g/mol. The van der Waals surface area contributed by atoms with Gasteiger partial charge in [-0.1, -0.05) is 22.0 Å². The van der Waals surface area contributed by atoms with Crippen LogP contribution in [0, 0.1) is 0 Å². The predicted octanol–water partition coefficient (Wildman–Crippen LogP) is 2.34. The van der Waals surface area contributed by atoms with Crippen LogP contribution < -0.4 is 10.5 Å². The zero-order valence-electron chi connectivity index (χ0n) is 8.85. The maximum atomic E-state index is 5.67. The molecule has 1 aromatic heterocycles. The second kappa shape index (κ2) is 4.57. The maximum absolute atomic E-state index is 5.67. The summed E-state index contributed by atoms with van der Waals surface area (Å²) in [6, 6.07) is 7.68. The molecule has 2 aromatic rings. The van der Waals surface area contributed by atoms with Crippen LogP contribution in [0.15, 0.2) is 34.9 Å². The number of nitrogens with two attached hydrogens (primary N) is 1. The number of imidazole rings is 1. The van der Waals surface area contributed by atoms with Gasteiger partial charge in [-0.2, -0.15) is 0 Å². The van der Waals surface area contributed by atoms with Gasteiger partial charge in [0.2, 0.25) is 0 Å². The molecule has 0 saturated heterocycles. The molecule has 0 radical (unpaired) electrons. The first-order chi connectivity index (χ1) is 7.66. The minimum atomic E-state index is 0.407. The molecule has 1 heterocycles. The second-order valence-electron chi connectivity index (χ2n) is 3.40. The number of aromatic nitrogens is 2. The van der Waals surface area contributed by atoms with Crippen LogP contribution in [0.4, 0.5) is 5.82 Å². The molecule has 2 rings (SSSR count). The molecule has 0 aliphatic heterocycles. The summed E-state index contributed by atoms with van der Waals surface area (Å²) in [5.74, 6) is 2.24. The topological polar surface area (TPSA) is 53.1 Å². The minimum absolute atomic E-state index is 0.407. The van der Waals surface area contributed by atoms with Crippen molar-refractivity contribution in [3.8, 4) is 5.75 Å². The highest BCUT2D eigenvalue weighted by molar-refractivity contribution is 9.10. The zero-order chi connectivity index (χ0) is 11.5. The van der Waals surface area contributed by atoms with Gasteiger partial charge in [0.1, 0.15) is 24.0 Å². The van der Waals surface area contributed by atoms with Gasteiger partial charge in [0.25, 0.3) is 0 Å². The molecule has 1 aromatic carbocycles. The standard InChI is InChI=1S/C11H12BrN3O/c1-15-10(13)6-14-11(15)7-16-9-4-2-3-8(12)5-9/h2-6H,7,13H2,1H3. The van der Waals surface area contributed by atoms with Crippen molar-refractivity contribution in [2.45, 2.75) is 6.61 Å². The highest BCUT2D eigenvalue weighted by atomic mass is 79.9. The summed E-state index contributed by atoms with van der Waals surface area (Å²) >= 11 is 3.39. The van der Waals surface area contributed by atoms with Crippen molar-refractivity contribution in [2.24, 2.45) is 7.05 Å². The first-order valence-corrected chi connectivity index (χ1v) is 5.60. The molecule has 2 N–H and O–H groups in total. The molecular formula is C11H12BrN3O. The largest absolute Gasteiger partial charge is 0.486 e. The average Bonchev–Trinajstić information content (AvgIpc) is 2.57. The molecule has 0 aliphatic carbocycles. The number of benzene rings is 1. The van der Waals surface area contributed by atoms with Crippen LogP contribution in [0.25, 0.3) is 0 Å². The summed E-state index contributed by atoms with van der Waals surface area (Å²) in [5.41, 5.74) is 5.67. The number of nitrogen functional groups attached to an aromatic ring is 1. The highest BCUT2D eigenvalue weighted by Gasteiger charge is 2.04. The first kappa shape index (κ1) is 11.0. The number of rotatable bonds is 3. The summed E-state index contributed by atoms with van der Waals surface area (Å²) < 4.78 is 8.39.